The molecule has 4 heteroatoms. The van der Waals surface area contributed by atoms with E-state index in [0.717, 1.165) is 25.2 Å². The second kappa shape index (κ2) is 5.58. The summed E-state index contributed by atoms with van der Waals surface area (Å²) in [6, 6.07) is 1.82. The van der Waals surface area contributed by atoms with Gasteiger partial charge in [0.15, 0.2) is 0 Å². The van der Waals surface area contributed by atoms with Crippen molar-refractivity contribution in [3.05, 3.63) is 17.6 Å². The van der Waals surface area contributed by atoms with E-state index in [9.17, 15) is 0 Å². The minimum absolute atomic E-state index is 0.0325. The molecule has 102 valence electrons. The van der Waals surface area contributed by atoms with Crippen LogP contribution in [0.5, 0.6) is 5.88 Å². The molecule has 0 radical (unpaired) electrons. The lowest BCUT2D eigenvalue weighted by Gasteiger charge is -2.12. The fraction of sp³-hybridized carbons (Fsp3) is 0.600. The Labute approximate surface area is 115 Å². The van der Waals surface area contributed by atoms with Gasteiger partial charge in [-0.15, -0.1) is 0 Å². The van der Waals surface area contributed by atoms with E-state index in [1.807, 2.05) is 13.0 Å². The van der Waals surface area contributed by atoms with Crippen LogP contribution in [0.15, 0.2) is 6.07 Å². The Morgan fingerprint density at radius 3 is 2.79 bits per heavy atom. The molecule has 1 aliphatic heterocycles. The maximum Gasteiger partial charge on any atom is 0.218 e. The van der Waals surface area contributed by atoms with Crippen LogP contribution in [0.25, 0.3) is 0 Å². The molecule has 2 heterocycles. The van der Waals surface area contributed by atoms with Gasteiger partial charge in [-0.3, -0.25) is 0 Å². The molecule has 1 unspecified atom stereocenters. The Morgan fingerprint density at radius 2 is 2.16 bits per heavy atom. The molecule has 1 aliphatic rings. The first kappa shape index (κ1) is 13.8. The molecule has 1 aromatic rings. The minimum atomic E-state index is -0.0325. The fourth-order valence-corrected chi connectivity index (χ4v) is 1.82. The van der Waals surface area contributed by atoms with Crippen LogP contribution in [0.3, 0.4) is 0 Å². The maximum atomic E-state index is 5.85. The number of hydrogen-bond donors (Lipinski definition) is 1. The first-order valence-corrected chi connectivity index (χ1v) is 6.69. The van der Waals surface area contributed by atoms with Crippen LogP contribution >= 0.6 is 0 Å². The zero-order chi connectivity index (χ0) is 13.9. The molecule has 1 N–H and O–H groups in total. The minimum Gasteiger partial charge on any atom is -0.473 e. The first-order chi connectivity index (χ1) is 8.92. The highest BCUT2D eigenvalue weighted by Crippen LogP contribution is 2.15. The summed E-state index contributed by atoms with van der Waals surface area (Å²) in [7, 11) is 0. The number of hydrogen-bond acceptors (Lipinski definition) is 4. The standard InChI is InChI=1S/C15H21N3O/c1-11-17-12(5-7-15(2,3)4)9-14(18-11)19-13-6-8-16-10-13/h9,13,16H,6,8,10H2,1-4H3. The van der Waals surface area contributed by atoms with Crippen molar-refractivity contribution in [2.24, 2.45) is 5.41 Å². The summed E-state index contributed by atoms with van der Waals surface area (Å²) >= 11 is 0. The fourth-order valence-electron chi connectivity index (χ4n) is 1.82. The zero-order valence-corrected chi connectivity index (χ0v) is 12.1. The van der Waals surface area contributed by atoms with Crippen LogP contribution in [-0.2, 0) is 0 Å². The van der Waals surface area contributed by atoms with Gasteiger partial charge in [0, 0.05) is 18.0 Å². The molecule has 2 rings (SSSR count). The summed E-state index contributed by atoms with van der Waals surface area (Å²) in [4.78, 5) is 8.64. The van der Waals surface area contributed by atoms with E-state index in [2.05, 4.69) is 47.9 Å². The molecule has 0 aromatic carbocycles. The predicted molar refractivity (Wildman–Crippen MR) is 75.0 cm³/mol. The molecule has 1 aromatic heterocycles. The smallest absolute Gasteiger partial charge is 0.218 e. The number of nitrogens with zero attached hydrogens (tertiary/aromatic N) is 2. The highest BCUT2D eigenvalue weighted by molar-refractivity contribution is 5.32. The van der Waals surface area contributed by atoms with Crippen molar-refractivity contribution in [1.29, 1.82) is 0 Å². The van der Waals surface area contributed by atoms with E-state index in [1.54, 1.807) is 0 Å². The van der Waals surface area contributed by atoms with Crippen LogP contribution < -0.4 is 10.1 Å². The Kier molecular flexibility index (Phi) is 4.06. The van der Waals surface area contributed by atoms with Crippen LogP contribution in [0.2, 0.25) is 0 Å². The van der Waals surface area contributed by atoms with E-state index in [1.165, 1.54) is 0 Å². The molecular weight excluding hydrogens is 238 g/mol. The van der Waals surface area contributed by atoms with E-state index in [4.69, 9.17) is 4.74 Å². The molecule has 0 spiro atoms. The van der Waals surface area contributed by atoms with E-state index in [0.29, 0.717) is 11.7 Å². The lowest BCUT2D eigenvalue weighted by Crippen LogP contribution is -2.20. The van der Waals surface area contributed by atoms with Crippen molar-refractivity contribution in [1.82, 2.24) is 15.3 Å². The number of aromatic nitrogens is 2. The average molecular weight is 259 g/mol. The average Bonchev–Trinajstić information content (AvgIpc) is 2.77. The molecular formula is C15H21N3O. The van der Waals surface area contributed by atoms with Crippen molar-refractivity contribution in [2.45, 2.75) is 40.2 Å². The van der Waals surface area contributed by atoms with E-state index in [-0.39, 0.29) is 11.5 Å². The molecule has 1 atom stereocenters. The van der Waals surface area contributed by atoms with Gasteiger partial charge in [-0.25, -0.2) is 4.98 Å². The number of ether oxygens (including phenoxy) is 1. The molecule has 1 fully saturated rings. The third kappa shape index (κ3) is 4.53. The number of aryl methyl sites for hydroxylation is 1. The summed E-state index contributed by atoms with van der Waals surface area (Å²) in [5, 5.41) is 3.27. The third-order valence-corrected chi connectivity index (χ3v) is 2.68. The Hall–Kier alpha value is -1.60. The summed E-state index contributed by atoms with van der Waals surface area (Å²) in [6.45, 7) is 9.99. The summed E-state index contributed by atoms with van der Waals surface area (Å²) in [5.41, 5.74) is 0.693. The Balaban J connectivity index is 2.16. The second-order valence-corrected chi connectivity index (χ2v) is 5.87. The van der Waals surface area contributed by atoms with Crippen molar-refractivity contribution in [3.63, 3.8) is 0 Å². The Morgan fingerprint density at radius 1 is 1.37 bits per heavy atom. The molecule has 0 bridgehead atoms. The lowest BCUT2D eigenvalue weighted by atomic mass is 9.98. The first-order valence-electron chi connectivity index (χ1n) is 6.69. The summed E-state index contributed by atoms with van der Waals surface area (Å²) < 4.78 is 5.85. The topological polar surface area (TPSA) is 47.0 Å². The van der Waals surface area contributed by atoms with Gasteiger partial charge in [0.05, 0.1) is 0 Å². The van der Waals surface area contributed by atoms with Crippen molar-refractivity contribution < 1.29 is 4.74 Å². The molecule has 0 aliphatic carbocycles. The predicted octanol–water partition coefficient (Wildman–Crippen LogP) is 1.92. The van der Waals surface area contributed by atoms with E-state index >= 15 is 0 Å². The lowest BCUT2D eigenvalue weighted by molar-refractivity contribution is 0.213. The zero-order valence-electron chi connectivity index (χ0n) is 12.1. The highest BCUT2D eigenvalue weighted by Gasteiger charge is 2.17. The van der Waals surface area contributed by atoms with Gasteiger partial charge in [-0.1, -0.05) is 5.92 Å². The highest BCUT2D eigenvalue weighted by atomic mass is 16.5. The van der Waals surface area contributed by atoms with Crippen LogP contribution in [0, 0.1) is 24.2 Å². The molecule has 4 nitrogen and oxygen atoms in total. The van der Waals surface area contributed by atoms with Gasteiger partial charge in [0.1, 0.15) is 17.6 Å². The van der Waals surface area contributed by atoms with Crippen LogP contribution in [-0.4, -0.2) is 29.2 Å². The van der Waals surface area contributed by atoms with Crippen LogP contribution in [0.1, 0.15) is 38.7 Å². The van der Waals surface area contributed by atoms with Gasteiger partial charge in [0.2, 0.25) is 5.88 Å². The molecule has 0 amide bonds. The summed E-state index contributed by atoms with van der Waals surface area (Å²) in [6.07, 6.45) is 1.23. The van der Waals surface area contributed by atoms with Crippen molar-refractivity contribution >= 4 is 0 Å². The normalized spacial score (nSPS) is 18.8. The van der Waals surface area contributed by atoms with Gasteiger partial charge in [-0.2, -0.15) is 4.98 Å². The molecule has 0 saturated carbocycles. The van der Waals surface area contributed by atoms with Crippen molar-refractivity contribution in [2.75, 3.05) is 13.1 Å². The Bertz CT molecular complexity index is 502. The quantitative estimate of drug-likeness (QED) is 0.824. The largest absolute Gasteiger partial charge is 0.473 e. The second-order valence-electron chi connectivity index (χ2n) is 5.87. The molecule has 1 saturated heterocycles. The number of nitrogens with one attached hydrogen (secondary N) is 1. The molecule has 19 heavy (non-hydrogen) atoms. The van der Waals surface area contributed by atoms with Gasteiger partial charge in [-0.05, 0) is 46.6 Å². The van der Waals surface area contributed by atoms with E-state index < -0.39 is 0 Å². The SMILES string of the molecule is Cc1nc(C#CC(C)(C)C)cc(OC2CCNC2)n1. The maximum absolute atomic E-state index is 5.85. The summed E-state index contributed by atoms with van der Waals surface area (Å²) in [5.74, 6) is 7.59. The number of rotatable bonds is 2. The van der Waals surface area contributed by atoms with Gasteiger partial charge < -0.3 is 10.1 Å². The van der Waals surface area contributed by atoms with Gasteiger partial charge in [0.25, 0.3) is 0 Å². The van der Waals surface area contributed by atoms with Crippen LogP contribution in [0.4, 0.5) is 0 Å². The van der Waals surface area contributed by atoms with Crippen molar-refractivity contribution in [3.8, 4) is 17.7 Å². The third-order valence-electron chi connectivity index (χ3n) is 2.68. The monoisotopic (exact) mass is 259 g/mol. The van der Waals surface area contributed by atoms with Gasteiger partial charge >= 0.3 is 0 Å².